The zero-order valence-corrected chi connectivity index (χ0v) is 6.29. The Kier molecular flexibility index (Phi) is 1.96. The second-order valence-corrected chi connectivity index (χ2v) is 5.15. The number of rotatable bonds is 1. The summed E-state index contributed by atoms with van der Waals surface area (Å²) in [5, 5.41) is 0. The van der Waals surface area contributed by atoms with Gasteiger partial charge in [0, 0.05) is 0 Å². The average Bonchev–Trinajstić information content (AvgIpc) is 1.25. The molecule has 3 N–H and O–H groups in total. The fourth-order valence-corrected chi connectivity index (χ4v) is 0. The number of quaternary nitrogens is 1. The summed E-state index contributed by atoms with van der Waals surface area (Å²) in [6, 6.07) is 0. The van der Waals surface area contributed by atoms with Crippen LogP contribution in [-0.2, 0) is 0 Å². The number of nitrogens with zero attached hydrogens (tertiary/aromatic N) is 1. The second kappa shape index (κ2) is 1.90. The van der Waals surface area contributed by atoms with E-state index in [0.717, 1.165) is 0 Å². The monoisotopic (exact) mass is 142 g/mol. The van der Waals surface area contributed by atoms with E-state index in [0.29, 0.717) is 0 Å². The minimum atomic E-state index is -3.92. The van der Waals surface area contributed by atoms with Gasteiger partial charge in [-0.15, -0.1) is 0 Å². The molecule has 0 unspecified atom stereocenters. The van der Waals surface area contributed by atoms with Gasteiger partial charge >= 0.3 is 48.2 Å². The van der Waals surface area contributed by atoms with E-state index in [1.807, 2.05) is 0 Å². The van der Waals surface area contributed by atoms with E-state index in [-0.39, 0.29) is 4.25 Å². The van der Waals surface area contributed by atoms with Crippen molar-refractivity contribution in [3.8, 4) is 0 Å². The number of hydrogen-bond donors (Lipinski definition) is 3. The quantitative estimate of drug-likeness (QED) is 0.415. The normalized spacial score (nSPS) is 16.2. The molecule has 52 valence electrons. The van der Waals surface area contributed by atoms with Crippen LogP contribution in [0.3, 0.4) is 0 Å². The molecule has 0 amide bonds. The van der Waals surface area contributed by atoms with E-state index >= 15 is 0 Å². The van der Waals surface area contributed by atoms with Crippen molar-refractivity contribution >= 4 is 8.09 Å². The molecule has 0 radical (unpaired) electrons. The molecule has 4 nitrogen and oxygen atoms in total. The Bertz CT molecular complexity index is 69.5. The van der Waals surface area contributed by atoms with Crippen molar-refractivity contribution in [3.05, 3.63) is 0 Å². The third-order valence-electron chi connectivity index (χ3n) is 0.900. The van der Waals surface area contributed by atoms with Crippen LogP contribution in [0.5, 0.6) is 0 Å². The van der Waals surface area contributed by atoms with E-state index in [1.54, 1.807) is 0 Å². The van der Waals surface area contributed by atoms with Gasteiger partial charge in [0.2, 0.25) is 0 Å². The van der Waals surface area contributed by atoms with Crippen molar-refractivity contribution in [2.24, 2.45) is 0 Å². The fourth-order valence-electron chi connectivity index (χ4n) is 0. The first-order valence-corrected chi connectivity index (χ1v) is 4.02. The van der Waals surface area contributed by atoms with Crippen LogP contribution in [0.4, 0.5) is 0 Å². The molecule has 0 spiro atoms. The summed E-state index contributed by atoms with van der Waals surface area (Å²) < 4.78 is -0.174. The second-order valence-electron chi connectivity index (χ2n) is 2.61. The van der Waals surface area contributed by atoms with Gasteiger partial charge in [-0.05, 0) is 0 Å². The van der Waals surface area contributed by atoms with Crippen LogP contribution >= 0.6 is 8.09 Å². The van der Waals surface area contributed by atoms with Gasteiger partial charge in [-0.1, -0.05) is 0 Å². The average molecular weight is 142 g/mol. The molecule has 0 aliphatic carbocycles. The maximum atomic E-state index is 8.58. The van der Waals surface area contributed by atoms with Gasteiger partial charge in [0.05, 0.1) is 0 Å². The third kappa shape index (κ3) is 2.03. The van der Waals surface area contributed by atoms with E-state index < -0.39 is 8.09 Å². The summed E-state index contributed by atoms with van der Waals surface area (Å²) in [7, 11) is 0.639. The van der Waals surface area contributed by atoms with Crippen molar-refractivity contribution in [1.29, 1.82) is 0 Å². The van der Waals surface area contributed by atoms with Crippen molar-refractivity contribution in [1.82, 2.24) is 0 Å². The SMILES string of the molecule is C[N+](C)(C)[PH](O)(O)O. The Labute approximate surface area is 49.2 Å². The molecule has 8 heavy (non-hydrogen) atoms. The van der Waals surface area contributed by atoms with Crippen molar-refractivity contribution in [2.45, 2.75) is 0 Å². The summed E-state index contributed by atoms with van der Waals surface area (Å²) in [6.07, 6.45) is 0. The van der Waals surface area contributed by atoms with E-state index in [2.05, 4.69) is 0 Å². The van der Waals surface area contributed by atoms with Crippen LogP contribution in [0, 0.1) is 0 Å². The molecule has 0 atom stereocenters. The summed E-state index contributed by atoms with van der Waals surface area (Å²) in [5.41, 5.74) is 0. The Balaban J connectivity index is 4.02. The molecule has 0 fully saturated rings. The first-order chi connectivity index (χ1) is 3.25. The van der Waals surface area contributed by atoms with Crippen LogP contribution in [0.15, 0.2) is 0 Å². The molecular formula is C3H13NO3P+. The van der Waals surface area contributed by atoms with E-state index in [4.69, 9.17) is 14.7 Å². The van der Waals surface area contributed by atoms with Crippen LogP contribution in [0.1, 0.15) is 0 Å². The maximum absolute atomic E-state index is 8.58. The molecule has 0 bridgehead atoms. The molecule has 0 saturated heterocycles. The van der Waals surface area contributed by atoms with Gasteiger partial charge in [-0.3, -0.25) is 0 Å². The van der Waals surface area contributed by atoms with Crippen molar-refractivity contribution < 1.29 is 18.9 Å². The van der Waals surface area contributed by atoms with Crippen molar-refractivity contribution in [3.63, 3.8) is 0 Å². The molecule has 0 saturated carbocycles. The predicted molar refractivity (Wildman–Crippen MR) is 33.0 cm³/mol. The topological polar surface area (TPSA) is 60.7 Å². The minimum absolute atomic E-state index is 0.174. The molecule has 0 aliphatic heterocycles. The Morgan fingerprint density at radius 1 is 1.00 bits per heavy atom. The third-order valence-corrected chi connectivity index (χ3v) is 2.70. The van der Waals surface area contributed by atoms with Crippen LogP contribution < -0.4 is 0 Å². The summed E-state index contributed by atoms with van der Waals surface area (Å²) in [5.74, 6) is 0. The van der Waals surface area contributed by atoms with E-state index in [9.17, 15) is 0 Å². The fraction of sp³-hybridized carbons (Fsp3) is 1.00. The van der Waals surface area contributed by atoms with Gasteiger partial charge in [-0.25, -0.2) is 0 Å². The molecular weight excluding hydrogens is 129 g/mol. The molecule has 0 rings (SSSR count). The Morgan fingerprint density at radius 2 is 1.12 bits per heavy atom. The zero-order chi connectivity index (χ0) is 7.00. The predicted octanol–water partition coefficient (Wildman–Crippen LogP) is -0.921. The Hall–Kier alpha value is 0.270. The van der Waals surface area contributed by atoms with Gasteiger partial charge in [0.1, 0.15) is 0 Å². The first-order valence-electron chi connectivity index (χ1n) is 2.24. The van der Waals surface area contributed by atoms with Gasteiger partial charge in [-0.2, -0.15) is 0 Å². The summed E-state index contributed by atoms with van der Waals surface area (Å²) >= 11 is 0. The van der Waals surface area contributed by atoms with Gasteiger partial charge in [0.25, 0.3) is 0 Å². The Morgan fingerprint density at radius 3 is 1.12 bits per heavy atom. The van der Waals surface area contributed by atoms with Crippen LogP contribution in [-0.4, -0.2) is 40.1 Å². The zero-order valence-electron chi connectivity index (χ0n) is 5.29. The summed E-state index contributed by atoms with van der Waals surface area (Å²) in [6.45, 7) is 0. The number of hydrogen-bond acceptors (Lipinski definition) is 3. The standard InChI is InChI=1S/C3H13NO3P/c1-4(2,3)8(5,6)7/h5-8H,1-3H3/q+1. The van der Waals surface area contributed by atoms with Gasteiger partial charge < -0.3 is 0 Å². The van der Waals surface area contributed by atoms with Crippen molar-refractivity contribution in [2.75, 3.05) is 21.1 Å². The van der Waals surface area contributed by atoms with Crippen LogP contribution in [0.25, 0.3) is 0 Å². The van der Waals surface area contributed by atoms with Gasteiger partial charge in [0.15, 0.2) is 0 Å². The molecule has 0 aromatic rings. The molecule has 0 aromatic carbocycles. The first kappa shape index (κ1) is 8.27. The molecule has 5 heteroatoms. The summed E-state index contributed by atoms with van der Waals surface area (Å²) in [4.78, 5) is 25.7. The van der Waals surface area contributed by atoms with E-state index in [1.165, 1.54) is 21.1 Å². The molecule has 0 heterocycles. The molecule has 0 aliphatic rings. The van der Waals surface area contributed by atoms with Crippen LogP contribution in [0.2, 0.25) is 0 Å². The molecule has 0 aromatic heterocycles.